The predicted octanol–water partition coefficient (Wildman–Crippen LogP) is 8.07. The summed E-state index contributed by atoms with van der Waals surface area (Å²) >= 11 is 6.02. The summed E-state index contributed by atoms with van der Waals surface area (Å²) in [7, 11) is 0. The Balaban J connectivity index is 1.87. The van der Waals surface area contributed by atoms with Gasteiger partial charge in [-0.1, -0.05) is 54.1 Å². The molecule has 39 heavy (non-hydrogen) atoms. The van der Waals surface area contributed by atoms with Gasteiger partial charge in [0.15, 0.2) is 0 Å². The SMILES string of the molecule is Fc1cc(C(F)(F)F)cc(C(Cc2ccccc2)(NCc2cccc(OC(F)(F)F)c2)c2ccc(Cl)cn2)c1. The lowest BCUT2D eigenvalue weighted by molar-refractivity contribution is -0.274. The number of halogens is 8. The minimum atomic E-state index is -4.91. The molecular formula is C28H20ClF7N2O. The van der Waals surface area contributed by atoms with Crippen LogP contribution in [0.25, 0.3) is 0 Å². The largest absolute Gasteiger partial charge is 0.573 e. The summed E-state index contributed by atoms with van der Waals surface area (Å²) in [5.74, 6) is -1.58. The van der Waals surface area contributed by atoms with Gasteiger partial charge in [-0.25, -0.2) is 4.39 Å². The van der Waals surface area contributed by atoms with E-state index in [1.807, 2.05) is 0 Å². The zero-order chi connectivity index (χ0) is 28.3. The lowest BCUT2D eigenvalue weighted by Crippen LogP contribution is -2.46. The highest BCUT2D eigenvalue weighted by Gasteiger charge is 2.39. The van der Waals surface area contributed by atoms with E-state index in [-0.39, 0.29) is 29.2 Å². The van der Waals surface area contributed by atoms with Crippen molar-refractivity contribution in [2.75, 3.05) is 0 Å². The fourth-order valence-corrected chi connectivity index (χ4v) is 4.34. The van der Waals surface area contributed by atoms with Crippen LogP contribution in [-0.4, -0.2) is 11.3 Å². The predicted molar refractivity (Wildman–Crippen MR) is 132 cm³/mol. The molecule has 1 unspecified atom stereocenters. The van der Waals surface area contributed by atoms with E-state index in [2.05, 4.69) is 15.0 Å². The molecule has 4 aromatic rings. The number of nitrogens with zero attached hydrogens (tertiary/aromatic N) is 1. The molecule has 0 bridgehead atoms. The Kier molecular flexibility index (Phi) is 8.17. The van der Waals surface area contributed by atoms with E-state index >= 15 is 0 Å². The molecule has 1 heterocycles. The smallest absolute Gasteiger partial charge is 0.406 e. The molecule has 11 heteroatoms. The number of pyridine rings is 1. The molecule has 0 saturated heterocycles. The highest BCUT2D eigenvalue weighted by atomic mass is 35.5. The number of rotatable bonds is 8. The van der Waals surface area contributed by atoms with E-state index in [4.69, 9.17) is 11.6 Å². The third-order valence-electron chi connectivity index (χ3n) is 5.92. The quantitative estimate of drug-likeness (QED) is 0.218. The number of hydrogen-bond donors (Lipinski definition) is 1. The molecule has 0 spiro atoms. The number of nitrogens with one attached hydrogen (secondary N) is 1. The van der Waals surface area contributed by atoms with E-state index in [0.717, 1.165) is 24.3 Å². The van der Waals surface area contributed by atoms with Crippen LogP contribution < -0.4 is 10.1 Å². The van der Waals surface area contributed by atoms with Crippen LogP contribution in [0.1, 0.15) is 27.9 Å². The second-order valence-corrected chi connectivity index (χ2v) is 9.14. The first kappa shape index (κ1) is 28.4. The van der Waals surface area contributed by atoms with E-state index in [0.29, 0.717) is 17.2 Å². The third kappa shape index (κ3) is 7.27. The van der Waals surface area contributed by atoms with E-state index in [1.165, 1.54) is 30.5 Å². The van der Waals surface area contributed by atoms with Crippen LogP contribution in [-0.2, 0) is 24.7 Å². The van der Waals surface area contributed by atoms with Crippen molar-refractivity contribution in [2.45, 2.75) is 31.0 Å². The molecule has 1 aromatic heterocycles. The van der Waals surface area contributed by atoms with Gasteiger partial charge < -0.3 is 4.74 Å². The molecule has 0 amide bonds. The molecule has 1 N–H and O–H groups in total. The molecule has 3 aromatic carbocycles. The van der Waals surface area contributed by atoms with Crippen molar-refractivity contribution in [2.24, 2.45) is 0 Å². The van der Waals surface area contributed by atoms with Crippen LogP contribution in [0.15, 0.2) is 91.1 Å². The van der Waals surface area contributed by atoms with Crippen LogP contribution in [0.4, 0.5) is 30.7 Å². The topological polar surface area (TPSA) is 34.1 Å². The molecule has 0 saturated carbocycles. The highest BCUT2D eigenvalue weighted by molar-refractivity contribution is 6.30. The molecule has 0 aliphatic rings. The van der Waals surface area contributed by atoms with Crippen molar-refractivity contribution < 1.29 is 35.5 Å². The van der Waals surface area contributed by atoms with Crippen molar-refractivity contribution in [1.82, 2.24) is 10.3 Å². The summed E-state index contributed by atoms with van der Waals surface area (Å²) in [5.41, 5.74) is -1.63. The van der Waals surface area contributed by atoms with Gasteiger partial charge >= 0.3 is 12.5 Å². The van der Waals surface area contributed by atoms with Crippen molar-refractivity contribution in [3.63, 3.8) is 0 Å². The van der Waals surface area contributed by atoms with Gasteiger partial charge in [0.1, 0.15) is 11.6 Å². The van der Waals surface area contributed by atoms with Gasteiger partial charge in [0.25, 0.3) is 0 Å². The average Bonchev–Trinajstić information content (AvgIpc) is 2.86. The Morgan fingerprint density at radius 1 is 0.769 bits per heavy atom. The van der Waals surface area contributed by atoms with Gasteiger partial charge in [-0.3, -0.25) is 10.3 Å². The fraction of sp³-hybridized carbons (Fsp3) is 0.179. The first-order valence-electron chi connectivity index (χ1n) is 11.5. The maximum absolute atomic E-state index is 14.7. The lowest BCUT2D eigenvalue weighted by Gasteiger charge is -2.36. The van der Waals surface area contributed by atoms with Crippen molar-refractivity contribution >= 4 is 11.6 Å². The molecule has 204 valence electrons. The standard InChI is InChI=1S/C28H20ClF7N2O/c29-22-9-10-25(37-17-22)26(15-18-5-2-1-3-6-18,20-12-21(27(31,32)33)14-23(30)13-20)38-16-19-7-4-8-24(11-19)39-28(34,35)36/h1-14,17,38H,15-16H2. The Labute approximate surface area is 224 Å². The van der Waals surface area contributed by atoms with Crippen molar-refractivity contribution in [3.8, 4) is 5.75 Å². The van der Waals surface area contributed by atoms with Gasteiger partial charge in [-0.2, -0.15) is 13.2 Å². The zero-order valence-electron chi connectivity index (χ0n) is 20.0. The van der Waals surface area contributed by atoms with Crippen molar-refractivity contribution in [3.05, 3.63) is 130 Å². The molecule has 0 fully saturated rings. The Hall–Kier alpha value is -3.63. The minimum Gasteiger partial charge on any atom is -0.406 e. The van der Waals surface area contributed by atoms with Gasteiger partial charge in [0.2, 0.25) is 0 Å². The van der Waals surface area contributed by atoms with Crippen LogP contribution in [0, 0.1) is 5.82 Å². The maximum atomic E-state index is 14.7. The normalized spacial score (nSPS) is 13.6. The Morgan fingerprint density at radius 2 is 1.46 bits per heavy atom. The summed E-state index contributed by atoms with van der Waals surface area (Å²) < 4.78 is 98.1. The van der Waals surface area contributed by atoms with E-state index in [9.17, 15) is 30.7 Å². The van der Waals surface area contributed by atoms with Gasteiger partial charge in [0.05, 0.1) is 21.8 Å². The first-order valence-corrected chi connectivity index (χ1v) is 11.9. The van der Waals surface area contributed by atoms with E-state index < -0.39 is 35.2 Å². The molecular weight excluding hydrogens is 549 g/mol. The summed E-state index contributed by atoms with van der Waals surface area (Å²) in [4.78, 5) is 4.35. The highest BCUT2D eigenvalue weighted by Crippen LogP contribution is 2.38. The molecule has 0 aliphatic heterocycles. The number of aromatic nitrogens is 1. The van der Waals surface area contributed by atoms with Crippen molar-refractivity contribution in [1.29, 1.82) is 0 Å². The monoisotopic (exact) mass is 568 g/mol. The van der Waals surface area contributed by atoms with Crippen LogP contribution in [0.2, 0.25) is 5.02 Å². The second kappa shape index (κ2) is 11.2. The summed E-state index contributed by atoms with van der Waals surface area (Å²) in [6, 6.07) is 19.1. The number of ether oxygens (including phenoxy) is 1. The number of alkyl halides is 6. The fourth-order valence-electron chi connectivity index (χ4n) is 4.23. The summed E-state index contributed by atoms with van der Waals surface area (Å²) in [6.07, 6.45) is -8.43. The second-order valence-electron chi connectivity index (χ2n) is 8.70. The molecule has 0 aliphatic carbocycles. The molecule has 0 radical (unpaired) electrons. The van der Waals surface area contributed by atoms with E-state index in [1.54, 1.807) is 30.3 Å². The molecule has 1 atom stereocenters. The van der Waals surface area contributed by atoms with Gasteiger partial charge in [-0.05, 0) is 59.2 Å². The van der Waals surface area contributed by atoms with Gasteiger partial charge in [-0.15, -0.1) is 13.2 Å². The number of benzene rings is 3. The van der Waals surface area contributed by atoms with Gasteiger partial charge in [0, 0.05) is 19.2 Å². The van der Waals surface area contributed by atoms with Crippen LogP contribution >= 0.6 is 11.6 Å². The lowest BCUT2D eigenvalue weighted by atomic mass is 9.79. The summed E-state index contributed by atoms with van der Waals surface area (Å²) in [5, 5.41) is 3.43. The maximum Gasteiger partial charge on any atom is 0.573 e. The molecule has 3 nitrogen and oxygen atoms in total. The molecule has 4 rings (SSSR count). The number of hydrogen-bond acceptors (Lipinski definition) is 3. The minimum absolute atomic E-state index is 0.0158. The average molecular weight is 569 g/mol. The third-order valence-corrected chi connectivity index (χ3v) is 6.14. The Bertz CT molecular complexity index is 1410. The zero-order valence-corrected chi connectivity index (χ0v) is 20.7. The Morgan fingerprint density at radius 3 is 2.10 bits per heavy atom. The first-order chi connectivity index (χ1) is 18.3. The van der Waals surface area contributed by atoms with Crippen LogP contribution in [0.5, 0.6) is 5.75 Å². The summed E-state index contributed by atoms with van der Waals surface area (Å²) in [6.45, 7) is -0.135. The van der Waals surface area contributed by atoms with Crippen LogP contribution in [0.3, 0.4) is 0 Å².